The molecule has 0 aliphatic carbocycles. The number of piperidine rings is 1. The number of likely N-dealkylation sites (tertiary alicyclic amines) is 1. The van der Waals surface area contributed by atoms with Crippen LogP contribution in [0.2, 0.25) is 0 Å². The molecule has 0 aromatic heterocycles. The molecule has 2 aromatic rings. The average molecular weight is 555 g/mol. The van der Waals surface area contributed by atoms with Crippen molar-refractivity contribution in [2.45, 2.75) is 38.6 Å². The molecule has 0 radical (unpaired) electrons. The summed E-state index contributed by atoms with van der Waals surface area (Å²) in [6, 6.07) is 11.7. The second-order valence-corrected chi connectivity index (χ2v) is 10.9. The predicted molar refractivity (Wildman–Crippen MR) is 150 cm³/mol. The summed E-state index contributed by atoms with van der Waals surface area (Å²) in [6.45, 7) is 2.94. The molecule has 2 aliphatic heterocycles. The lowest BCUT2D eigenvalue weighted by Gasteiger charge is -2.35. The molecular formula is C28H34N4O6S. The van der Waals surface area contributed by atoms with E-state index >= 15 is 0 Å². The first-order valence-corrected chi connectivity index (χ1v) is 14.1. The highest BCUT2D eigenvalue weighted by atomic mass is 32.2. The van der Waals surface area contributed by atoms with Crippen LogP contribution in [-0.2, 0) is 20.8 Å². The first-order chi connectivity index (χ1) is 18.7. The zero-order valence-electron chi connectivity index (χ0n) is 22.1. The van der Waals surface area contributed by atoms with Crippen LogP contribution in [0.25, 0.3) is 0 Å². The molecule has 1 atom stereocenters. The largest absolute Gasteiger partial charge is 0.495 e. The van der Waals surface area contributed by atoms with Gasteiger partial charge in [-0.2, -0.15) is 0 Å². The van der Waals surface area contributed by atoms with E-state index in [1.807, 2.05) is 31.2 Å². The molecule has 10 nitrogen and oxygen atoms in total. The standard InChI is InChI=1S/C28H34N4O6S/c1-18-5-3-4-6-21(18)29-28(37)30-22-8-7-20(13-24(22)38-2)14-25(33)32-17-39-16-23(32)27(36)31-11-9-19(10-12-31)15-26(34)35/h3-8,13,19,23H,9-12,14-17H2,1-2H3,(H,34,35)(H2,29,30,37)/t23-/m0/s1. The maximum Gasteiger partial charge on any atom is 0.323 e. The molecule has 2 saturated heterocycles. The van der Waals surface area contributed by atoms with Gasteiger partial charge in [0.05, 0.1) is 25.1 Å². The number of carboxylic acid groups (broad SMARTS) is 1. The quantitative estimate of drug-likeness (QED) is 0.453. The van der Waals surface area contributed by atoms with Crippen molar-refractivity contribution in [3.05, 3.63) is 53.6 Å². The number of carboxylic acids is 1. The van der Waals surface area contributed by atoms with Crippen LogP contribution in [0, 0.1) is 12.8 Å². The molecule has 0 unspecified atom stereocenters. The number of carbonyl (C=O) groups excluding carboxylic acids is 3. The zero-order chi connectivity index (χ0) is 27.9. The van der Waals surface area contributed by atoms with Gasteiger partial charge in [0.15, 0.2) is 0 Å². The Morgan fingerprint density at radius 2 is 1.77 bits per heavy atom. The van der Waals surface area contributed by atoms with Gasteiger partial charge in [0.25, 0.3) is 0 Å². The fraction of sp³-hybridized carbons (Fsp3) is 0.429. The number of aliphatic carboxylic acids is 1. The maximum atomic E-state index is 13.2. The topological polar surface area (TPSA) is 128 Å². The number of urea groups is 1. The Hall–Kier alpha value is -3.73. The second-order valence-electron chi connectivity index (χ2n) is 9.85. The Morgan fingerprint density at radius 1 is 1.05 bits per heavy atom. The van der Waals surface area contributed by atoms with Crippen LogP contribution in [0.5, 0.6) is 5.75 Å². The van der Waals surface area contributed by atoms with Crippen LogP contribution < -0.4 is 15.4 Å². The van der Waals surface area contributed by atoms with Gasteiger partial charge in [-0.3, -0.25) is 14.4 Å². The van der Waals surface area contributed by atoms with Gasteiger partial charge < -0.3 is 30.3 Å². The first-order valence-electron chi connectivity index (χ1n) is 12.9. The highest BCUT2D eigenvalue weighted by Gasteiger charge is 2.38. The number of ether oxygens (including phenoxy) is 1. The predicted octanol–water partition coefficient (Wildman–Crippen LogP) is 3.80. The molecule has 4 rings (SSSR count). The van der Waals surface area contributed by atoms with Crippen molar-refractivity contribution in [3.8, 4) is 5.75 Å². The molecule has 208 valence electrons. The van der Waals surface area contributed by atoms with Gasteiger partial charge >= 0.3 is 12.0 Å². The van der Waals surface area contributed by atoms with Crippen molar-refractivity contribution < 1.29 is 29.0 Å². The molecule has 11 heteroatoms. The van der Waals surface area contributed by atoms with E-state index < -0.39 is 18.0 Å². The Balaban J connectivity index is 1.35. The highest BCUT2D eigenvalue weighted by molar-refractivity contribution is 7.99. The van der Waals surface area contributed by atoms with Crippen LogP contribution in [0.4, 0.5) is 16.2 Å². The zero-order valence-corrected chi connectivity index (χ0v) is 23.0. The number of nitrogens with zero attached hydrogens (tertiary/aromatic N) is 2. The van der Waals surface area contributed by atoms with Crippen molar-refractivity contribution in [2.24, 2.45) is 5.92 Å². The molecule has 4 amide bonds. The Labute approximate surface area is 232 Å². The van der Waals surface area contributed by atoms with E-state index in [-0.39, 0.29) is 30.6 Å². The number of anilines is 2. The fourth-order valence-electron chi connectivity index (χ4n) is 4.92. The second kappa shape index (κ2) is 12.9. The molecule has 2 aromatic carbocycles. The summed E-state index contributed by atoms with van der Waals surface area (Å²) < 4.78 is 5.47. The number of amides is 4. The summed E-state index contributed by atoms with van der Waals surface area (Å²) in [7, 11) is 1.50. The van der Waals surface area contributed by atoms with E-state index in [0.717, 1.165) is 5.56 Å². The number of benzene rings is 2. The molecule has 39 heavy (non-hydrogen) atoms. The lowest BCUT2D eigenvalue weighted by Crippen LogP contribution is -2.51. The SMILES string of the molecule is COc1cc(CC(=O)N2CSC[C@H]2C(=O)N2CCC(CC(=O)O)CC2)ccc1NC(=O)Nc1ccccc1C. The van der Waals surface area contributed by atoms with E-state index in [1.54, 1.807) is 39.8 Å². The number of thioether (sulfide) groups is 1. The molecule has 2 aliphatic rings. The van der Waals surface area contributed by atoms with Crippen molar-refractivity contribution in [1.29, 1.82) is 0 Å². The summed E-state index contributed by atoms with van der Waals surface area (Å²) in [6.07, 6.45) is 1.54. The van der Waals surface area contributed by atoms with Crippen LogP contribution in [0.3, 0.4) is 0 Å². The Bertz CT molecular complexity index is 1230. The summed E-state index contributed by atoms with van der Waals surface area (Å²) >= 11 is 1.55. The summed E-state index contributed by atoms with van der Waals surface area (Å²) in [5.41, 5.74) is 2.82. The molecule has 0 saturated carbocycles. The third kappa shape index (κ3) is 7.23. The van der Waals surface area contributed by atoms with Crippen molar-refractivity contribution in [1.82, 2.24) is 9.80 Å². The number of hydrogen-bond acceptors (Lipinski definition) is 6. The van der Waals surface area contributed by atoms with Crippen LogP contribution in [0.15, 0.2) is 42.5 Å². The average Bonchev–Trinajstić information content (AvgIpc) is 3.41. The third-order valence-corrected chi connectivity index (χ3v) is 8.15. The summed E-state index contributed by atoms with van der Waals surface area (Å²) in [5, 5.41) is 14.6. The minimum absolute atomic E-state index is 0.0704. The minimum Gasteiger partial charge on any atom is -0.495 e. The van der Waals surface area contributed by atoms with E-state index in [9.17, 15) is 19.2 Å². The highest BCUT2D eigenvalue weighted by Crippen LogP contribution is 2.29. The number of rotatable bonds is 8. The van der Waals surface area contributed by atoms with E-state index in [4.69, 9.17) is 9.84 Å². The van der Waals surface area contributed by atoms with Gasteiger partial charge in [0.2, 0.25) is 11.8 Å². The van der Waals surface area contributed by atoms with Crippen LogP contribution in [0.1, 0.15) is 30.4 Å². The van der Waals surface area contributed by atoms with Gasteiger partial charge in [-0.25, -0.2) is 4.79 Å². The third-order valence-electron chi connectivity index (χ3n) is 7.14. The number of methoxy groups -OCH3 is 1. The Morgan fingerprint density at radius 3 is 2.46 bits per heavy atom. The van der Waals surface area contributed by atoms with Gasteiger partial charge in [-0.1, -0.05) is 24.3 Å². The number of carbonyl (C=O) groups is 4. The lowest BCUT2D eigenvalue weighted by molar-refractivity contribution is -0.144. The number of hydrogen-bond donors (Lipinski definition) is 3. The molecule has 3 N–H and O–H groups in total. The molecular weight excluding hydrogens is 520 g/mol. The van der Waals surface area contributed by atoms with Crippen LogP contribution >= 0.6 is 11.8 Å². The van der Waals surface area contributed by atoms with Crippen molar-refractivity contribution in [3.63, 3.8) is 0 Å². The molecule has 0 spiro atoms. The number of para-hydroxylation sites is 1. The van der Waals surface area contributed by atoms with Crippen molar-refractivity contribution >= 4 is 47.0 Å². The van der Waals surface area contributed by atoms with Crippen molar-refractivity contribution in [2.75, 3.05) is 42.5 Å². The summed E-state index contributed by atoms with van der Waals surface area (Å²) in [4.78, 5) is 53.4. The fourth-order valence-corrected chi connectivity index (χ4v) is 6.09. The monoisotopic (exact) mass is 554 g/mol. The van der Waals surface area contributed by atoms with E-state index in [0.29, 0.717) is 60.2 Å². The van der Waals surface area contributed by atoms with Gasteiger partial charge in [0, 0.05) is 31.0 Å². The van der Waals surface area contributed by atoms with Gasteiger partial charge in [0.1, 0.15) is 11.8 Å². The molecule has 2 heterocycles. The molecule has 0 bridgehead atoms. The first kappa shape index (κ1) is 28.3. The van der Waals surface area contributed by atoms with E-state index in [1.165, 1.54) is 7.11 Å². The smallest absolute Gasteiger partial charge is 0.323 e. The maximum absolute atomic E-state index is 13.2. The normalized spacial score (nSPS) is 17.5. The Kier molecular flexibility index (Phi) is 9.34. The minimum atomic E-state index is -0.810. The molecule has 2 fully saturated rings. The van der Waals surface area contributed by atoms with Gasteiger partial charge in [-0.05, 0) is 55.0 Å². The van der Waals surface area contributed by atoms with Crippen LogP contribution in [-0.4, -0.2) is 76.6 Å². The summed E-state index contributed by atoms with van der Waals surface area (Å²) in [5.74, 6) is 0.464. The number of nitrogens with one attached hydrogen (secondary N) is 2. The lowest BCUT2D eigenvalue weighted by atomic mass is 9.93. The van der Waals surface area contributed by atoms with Gasteiger partial charge in [-0.15, -0.1) is 11.8 Å². The number of aryl methyl sites for hydroxylation is 1. The van der Waals surface area contributed by atoms with E-state index in [2.05, 4.69) is 10.6 Å².